The first-order chi connectivity index (χ1) is 20.5. The van der Waals surface area contributed by atoms with Gasteiger partial charge in [-0.3, -0.25) is 4.79 Å². The van der Waals surface area contributed by atoms with Crippen molar-refractivity contribution in [2.24, 2.45) is 0 Å². The zero-order valence-electron chi connectivity index (χ0n) is 24.1. The number of carbonyl (C=O) groups excluding carboxylic acids is 1. The van der Waals surface area contributed by atoms with Crippen molar-refractivity contribution in [2.45, 2.75) is 70.1 Å². The number of hydrogen-bond acceptors (Lipinski definition) is 4. The molecule has 3 atom stereocenters. The van der Waals surface area contributed by atoms with Crippen LogP contribution in [0.1, 0.15) is 69.9 Å². The first kappa shape index (κ1) is 28.8. The quantitative estimate of drug-likeness (QED) is 0.189. The van der Waals surface area contributed by atoms with Crippen LogP contribution in [0.3, 0.4) is 0 Å². The minimum Gasteiger partial charge on any atom is -0.374 e. The maximum absolute atomic E-state index is 13.4. The summed E-state index contributed by atoms with van der Waals surface area (Å²) in [5.74, 6) is 0.0680. The molecule has 1 saturated heterocycles. The number of carbonyl (C=O) groups is 1. The molecule has 0 N–H and O–H groups in total. The molecule has 1 aliphatic heterocycles. The molecule has 5 heteroatoms. The minimum absolute atomic E-state index is 0.0680. The van der Waals surface area contributed by atoms with Crippen LogP contribution in [0.25, 0.3) is 0 Å². The van der Waals surface area contributed by atoms with Crippen molar-refractivity contribution in [2.75, 3.05) is 6.61 Å². The molecule has 42 heavy (non-hydrogen) atoms. The summed E-state index contributed by atoms with van der Waals surface area (Å²) in [6.07, 6.45) is 3.01. The number of Topliss-reactive ketones (excluding diaryl/α,β-unsaturated/α-hetero) is 1. The Morgan fingerprint density at radius 3 is 2.21 bits per heavy atom. The topological polar surface area (TPSA) is 44.8 Å². The molecule has 1 aliphatic carbocycles. The molecule has 0 bridgehead atoms. The molecule has 4 aromatic rings. The van der Waals surface area contributed by atoms with Crippen LogP contribution in [0.5, 0.6) is 0 Å². The van der Waals surface area contributed by atoms with Crippen LogP contribution in [0.4, 0.5) is 0 Å². The molecule has 3 unspecified atom stereocenters. The van der Waals surface area contributed by atoms with E-state index in [1.54, 1.807) is 0 Å². The predicted molar refractivity (Wildman–Crippen MR) is 166 cm³/mol. The highest BCUT2D eigenvalue weighted by Gasteiger charge is 2.50. The van der Waals surface area contributed by atoms with Gasteiger partial charge in [-0.05, 0) is 52.3 Å². The van der Waals surface area contributed by atoms with Gasteiger partial charge < -0.3 is 14.2 Å². The first-order valence-corrected chi connectivity index (χ1v) is 15.3. The lowest BCUT2D eigenvalue weighted by atomic mass is 9.83. The van der Waals surface area contributed by atoms with Gasteiger partial charge in [-0.15, -0.1) is 0 Å². The van der Waals surface area contributed by atoms with Gasteiger partial charge >= 0.3 is 0 Å². The Kier molecular flexibility index (Phi) is 8.87. The van der Waals surface area contributed by atoms with Crippen molar-refractivity contribution in [3.05, 3.63) is 141 Å². The van der Waals surface area contributed by atoms with E-state index in [4.69, 9.17) is 25.8 Å². The fraction of sp³-hybridized carbons (Fsp3) is 0.324. The van der Waals surface area contributed by atoms with Gasteiger partial charge in [-0.2, -0.15) is 0 Å². The Hall–Kier alpha value is -3.28. The van der Waals surface area contributed by atoms with Gasteiger partial charge in [-0.1, -0.05) is 110 Å². The molecular weight excluding hydrogens is 544 g/mol. The molecule has 6 rings (SSSR count). The number of rotatable bonds is 10. The number of ketones is 1. The second-order valence-corrected chi connectivity index (χ2v) is 11.9. The summed E-state index contributed by atoms with van der Waals surface area (Å²) in [5, 5.41) is 0.620. The van der Waals surface area contributed by atoms with Crippen molar-refractivity contribution in [1.29, 1.82) is 0 Å². The van der Waals surface area contributed by atoms with Crippen LogP contribution < -0.4 is 0 Å². The highest BCUT2D eigenvalue weighted by molar-refractivity contribution is 6.32. The van der Waals surface area contributed by atoms with Crippen molar-refractivity contribution in [3.8, 4) is 0 Å². The second kappa shape index (κ2) is 12.9. The van der Waals surface area contributed by atoms with Crippen LogP contribution in [-0.4, -0.2) is 24.6 Å². The van der Waals surface area contributed by atoms with Crippen LogP contribution >= 0.6 is 11.6 Å². The van der Waals surface area contributed by atoms with E-state index in [0.29, 0.717) is 49.7 Å². The summed E-state index contributed by atoms with van der Waals surface area (Å²) >= 11 is 6.77. The Balaban J connectivity index is 1.26. The summed E-state index contributed by atoms with van der Waals surface area (Å²) in [6.45, 7) is 3.61. The molecule has 4 aromatic carbocycles. The molecule has 2 aliphatic rings. The van der Waals surface area contributed by atoms with Gasteiger partial charge in [0.1, 0.15) is 5.60 Å². The number of fused-ring (bicyclic) bond motifs is 2. The SMILES string of the molecule is CCc1ccc(Cc2cc3c(cc2Cl)C(=O)CC32CC(OCc3ccccc3)CC(COCc3ccccc3)O2)cc1. The zero-order valence-corrected chi connectivity index (χ0v) is 24.8. The van der Waals surface area contributed by atoms with E-state index < -0.39 is 5.60 Å². The molecule has 1 fully saturated rings. The summed E-state index contributed by atoms with van der Waals surface area (Å²) in [5.41, 5.74) is 6.57. The Bertz CT molecular complexity index is 1500. The summed E-state index contributed by atoms with van der Waals surface area (Å²) in [7, 11) is 0. The average Bonchev–Trinajstić information content (AvgIpc) is 3.26. The Morgan fingerprint density at radius 2 is 1.52 bits per heavy atom. The molecule has 0 amide bonds. The van der Waals surface area contributed by atoms with E-state index in [9.17, 15) is 4.79 Å². The van der Waals surface area contributed by atoms with E-state index >= 15 is 0 Å². The standard InChI is InChI=1S/C37H37ClO4/c1-2-26-13-15-27(16-14-26)17-30-18-34-33(20-35(30)38)36(39)22-37(34)21-31(41-24-29-11-7-4-8-12-29)19-32(42-37)25-40-23-28-9-5-3-6-10-28/h3-16,18,20,31-32H,2,17,19,21-25H2,1H3. The van der Waals surface area contributed by atoms with Gasteiger partial charge in [0.2, 0.25) is 0 Å². The normalized spacial score (nSPS) is 21.5. The molecule has 0 aromatic heterocycles. The smallest absolute Gasteiger partial charge is 0.166 e. The van der Waals surface area contributed by atoms with Crippen molar-refractivity contribution >= 4 is 17.4 Å². The summed E-state index contributed by atoms with van der Waals surface area (Å²) in [6, 6.07) is 33.0. The predicted octanol–water partition coefficient (Wildman–Crippen LogP) is 8.26. The van der Waals surface area contributed by atoms with Crippen LogP contribution in [0, 0.1) is 0 Å². The fourth-order valence-electron chi connectivity index (χ4n) is 6.27. The third kappa shape index (κ3) is 6.53. The molecule has 4 nitrogen and oxygen atoms in total. The van der Waals surface area contributed by atoms with Gasteiger partial charge in [-0.25, -0.2) is 0 Å². The third-order valence-corrected chi connectivity index (χ3v) is 8.82. The highest BCUT2D eigenvalue weighted by atomic mass is 35.5. The minimum atomic E-state index is -0.766. The lowest BCUT2D eigenvalue weighted by Crippen LogP contribution is -2.45. The van der Waals surface area contributed by atoms with Crippen molar-refractivity contribution in [3.63, 3.8) is 0 Å². The average molecular weight is 581 g/mol. The van der Waals surface area contributed by atoms with Gasteiger partial charge in [0.15, 0.2) is 5.78 Å². The maximum atomic E-state index is 13.4. The number of aryl methyl sites for hydroxylation is 1. The van der Waals surface area contributed by atoms with E-state index in [0.717, 1.165) is 28.7 Å². The number of hydrogen-bond donors (Lipinski definition) is 0. The Labute approximate surface area is 253 Å². The number of ether oxygens (including phenoxy) is 3. The van der Waals surface area contributed by atoms with Gasteiger partial charge in [0.25, 0.3) is 0 Å². The van der Waals surface area contributed by atoms with Crippen LogP contribution in [0.15, 0.2) is 97.1 Å². The van der Waals surface area contributed by atoms with Gasteiger partial charge in [0, 0.05) is 29.8 Å². The highest BCUT2D eigenvalue weighted by Crippen LogP contribution is 2.49. The molecule has 216 valence electrons. The van der Waals surface area contributed by atoms with Crippen molar-refractivity contribution < 1.29 is 19.0 Å². The van der Waals surface area contributed by atoms with Gasteiger partial charge in [0.05, 0.1) is 32.0 Å². The van der Waals surface area contributed by atoms with E-state index in [1.807, 2.05) is 42.5 Å². The van der Waals surface area contributed by atoms with E-state index in [2.05, 4.69) is 61.5 Å². The summed E-state index contributed by atoms with van der Waals surface area (Å²) in [4.78, 5) is 13.4. The summed E-state index contributed by atoms with van der Waals surface area (Å²) < 4.78 is 19.5. The first-order valence-electron chi connectivity index (χ1n) is 14.9. The Morgan fingerprint density at radius 1 is 0.857 bits per heavy atom. The molecule has 0 radical (unpaired) electrons. The van der Waals surface area contributed by atoms with E-state index in [1.165, 1.54) is 11.1 Å². The monoisotopic (exact) mass is 580 g/mol. The molecule has 1 spiro atoms. The molecular formula is C37H37ClO4. The fourth-order valence-corrected chi connectivity index (χ4v) is 6.50. The number of benzene rings is 4. The lowest BCUT2D eigenvalue weighted by Gasteiger charge is -2.43. The van der Waals surface area contributed by atoms with E-state index in [-0.39, 0.29) is 24.4 Å². The molecule has 0 saturated carbocycles. The lowest BCUT2D eigenvalue weighted by molar-refractivity contribution is -0.192. The number of halogens is 1. The zero-order chi connectivity index (χ0) is 28.9. The van der Waals surface area contributed by atoms with Crippen LogP contribution in [0.2, 0.25) is 5.02 Å². The maximum Gasteiger partial charge on any atom is 0.166 e. The second-order valence-electron chi connectivity index (χ2n) is 11.5. The third-order valence-electron chi connectivity index (χ3n) is 8.47. The van der Waals surface area contributed by atoms with Crippen LogP contribution in [-0.2, 0) is 45.9 Å². The van der Waals surface area contributed by atoms with Crippen molar-refractivity contribution in [1.82, 2.24) is 0 Å². The largest absolute Gasteiger partial charge is 0.374 e. The molecule has 1 heterocycles.